The lowest BCUT2D eigenvalue weighted by molar-refractivity contribution is -0.0943. The van der Waals surface area contributed by atoms with Crippen LogP contribution in [0.25, 0.3) is 0 Å². The largest absolute Gasteiger partial charge is 0.381 e. The first-order valence-corrected chi connectivity index (χ1v) is 8.05. The molecule has 1 aliphatic rings. The van der Waals surface area contributed by atoms with Crippen molar-refractivity contribution in [2.45, 2.75) is 44.2 Å². The van der Waals surface area contributed by atoms with E-state index < -0.39 is 15.9 Å². The molecule has 1 amide bonds. The van der Waals surface area contributed by atoms with Crippen LogP contribution in [0.2, 0.25) is 0 Å². The van der Waals surface area contributed by atoms with Gasteiger partial charge in [0.15, 0.2) is 5.69 Å². The number of primary sulfonamides is 1. The summed E-state index contributed by atoms with van der Waals surface area (Å²) in [5.74, 6) is -0.559. The summed E-state index contributed by atoms with van der Waals surface area (Å²) in [7, 11) is -2.39. The molecular formula is C12H20N4O4S. The average Bonchev–Trinajstić information content (AvgIpc) is 2.75. The number of carbonyl (C=O) groups is 1. The van der Waals surface area contributed by atoms with Gasteiger partial charge in [0.1, 0.15) is 4.90 Å². The molecule has 0 aromatic carbocycles. The van der Waals surface area contributed by atoms with E-state index in [9.17, 15) is 13.2 Å². The zero-order valence-electron chi connectivity index (χ0n) is 12.4. The Kier molecular flexibility index (Phi) is 3.85. The van der Waals surface area contributed by atoms with Gasteiger partial charge in [0, 0.05) is 18.6 Å². The minimum atomic E-state index is -4.01. The van der Waals surface area contributed by atoms with Crippen LogP contribution < -0.4 is 10.5 Å². The van der Waals surface area contributed by atoms with Crippen LogP contribution in [0.5, 0.6) is 0 Å². The molecule has 0 saturated heterocycles. The summed E-state index contributed by atoms with van der Waals surface area (Å²) in [4.78, 5) is 12.0. The molecule has 9 heteroatoms. The maximum atomic E-state index is 12.3. The summed E-state index contributed by atoms with van der Waals surface area (Å²) < 4.78 is 28.4. The lowest BCUT2D eigenvalue weighted by atomic mass is 9.64. The zero-order valence-corrected chi connectivity index (χ0v) is 13.2. The van der Waals surface area contributed by atoms with E-state index in [0.29, 0.717) is 6.42 Å². The molecule has 8 nitrogen and oxygen atoms in total. The number of rotatable bonds is 4. The smallest absolute Gasteiger partial charge is 0.273 e. The third-order valence-corrected chi connectivity index (χ3v) is 5.23. The normalized spacial score (nSPS) is 24.4. The van der Waals surface area contributed by atoms with Crippen LogP contribution in [-0.4, -0.2) is 43.8 Å². The van der Waals surface area contributed by atoms with Crippen molar-refractivity contribution in [1.82, 2.24) is 15.5 Å². The van der Waals surface area contributed by atoms with Crippen molar-refractivity contribution >= 4 is 15.9 Å². The predicted molar refractivity (Wildman–Crippen MR) is 75.1 cm³/mol. The Morgan fingerprint density at radius 2 is 2.14 bits per heavy atom. The fourth-order valence-electron chi connectivity index (χ4n) is 2.68. The van der Waals surface area contributed by atoms with Gasteiger partial charge in [-0.1, -0.05) is 13.8 Å². The van der Waals surface area contributed by atoms with E-state index in [-0.39, 0.29) is 33.8 Å². The standard InChI is InChI=1S/C12H20N4O4S/c1-6-10(21(13,18)19)9(16-15-6)11(17)14-7-5-8(20-4)12(7,2)3/h7-8H,5H2,1-4H3,(H,14,17)(H,15,16)(H2,13,18,19). The predicted octanol–water partition coefficient (Wildman–Crippen LogP) is -0.0912. The minimum absolute atomic E-state index is 0.0569. The Bertz CT molecular complexity index is 665. The Hall–Kier alpha value is -1.45. The van der Waals surface area contributed by atoms with E-state index in [1.165, 1.54) is 6.92 Å². The third kappa shape index (κ3) is 2.68. The number of aryl methyl sites for hydroxylation is 1. The molecule has 1 aromatic rings. The Labute approximate surface area is 123 Å². The van der Waals surface area contributed by atoms with Crippen molar-refractivity contribution in [2.75, 3.05) is 7.11 Å². The van der Waals surface area contributed by atoms with E-state index >= 15 is 0 Å². The molecule has 0 radical (unpaired) electrons. The summed E-state index contributed by atoms with van der Waals surface area (Å²) in [5, 5.41) is 14.2. The van der Waals surface area contributed by atoms with Crippen molar-refractivity contribution in [3.8, 4) is 0 Å². The van der Waals surface area contributed by atoms with Crippen molar-refractivity contribution in [1.29, 1.82) is 0 Å². The number of nitrogens with one attached hydrogen (secondary N) is 2. The van der Waals surface area contributed by atoms with E-state index in [2.05, 4.69) is 15.5 Å². The number of nitrogens with zero attached hydrogens (tertiary/aromatic N) is 1. The van der Waals surface area contributed by atoms with Gasteiger partial charge in [0.25, 0.3) is 5.91 Å². The Morgan fingerprint density at radius 1 is 1.52 bits per heavy atom. The number of sulfonamides is 1. The lowest BCUT2D eigenvalue weighted by Gasteiger charge is -2.51. The highest BCUT2D eigenvalue weighted by Gasteiger charge is 2.49. The molecule has 21 heavy (non-hydrogen) atoms. The van der Waals surface area contributed by atoms with Gasteiger partial charge >= 0.3 is 0 Å². The molecule has 1 heterocycles. The van der Waals surface area contributed by atoms with Crippen molar-refractivity contribution in [3.05, 3.63) is 11.4 Å². The SMILES string of the molecule is COC1CC(NC(=O)c2n[nH]c(C)c2S(N)(=O)=O)C1(C)C. The second-order valence-corrected chi connectivity index (χ2v) is 7.38. The van der Waals surface area contributed by atoms with Gasteiger partial charge in [-0.15, -0.1) is 0 Å². The number of hydrogen-bond acceptors (Lipinski definition) is 5. The summed E-state index contributed by atoms with van der Waals surface area (Å²) in [6, 6.07) is -0.111. The van der Waals surface area contributed by atoms with E-state index in [0.717, 1.165) is 0 Å². The van der Waals surface area contributed by atoms with Crippen LogP contribution >= 0.6 is 0 Å². The molecule has 118 valence electrons. The second kappa shape index (κ2) is 5.08. The van der Waals surface area contributed by atoms with E-state index in [4.69, 9.17) is 9.88 Å². The van der Waals surface area contributed by atoms with Crippen LogP contribution in [0, 0.1) is 12.3 Å². The monoisotopic (exact) mass is 316 g/mol. The number of hydrogen-bond donors (Lipinski definition) is 3. The quantitative estimate of drug-likeness (QED) is 0.715. The highest BCUT2D eigenvalue weighted by molar-refractivity contribution is 7.89. The summed E-state index contributed by atoms with van der Waals surface area (Å²) >= 11 is 0. The number of aromatic amines is 1. The summed E-state index contributed by atoms with van der Waals surface area (Å²) in [6.07, 6.45) is 0.727. The molecule has 0 spiro atoms. The number of methoxy groups -OCH3 is 1. The average molecular weight is 316 g/mol. The Morgan fingerprint density at radius 3 is 2.62 bits per heavy atom. The molecule has 0 bridgehead atoms. The third-order valence-electron chi connectivity index (χ3n) is 4.16. The van der Waals surface area contributed by atoms with E-state index in [1.54, 1.807) is 7.11 Å². The van der Waals surface area contributed by atoms with Crippen LogP contribution in [-0.2, 0) is 14.8 Å². The molecule has 1 saturated carbocycles. The van der Waals surface area contributed by atoms with Gasteiger partial charge in [-0.05, 0) is 13.3 Å². The number of aromatic nitrogens is 2. The number of carbonyl (C=O) groups excluding carboxylic acids is 1. The second-order valence-electron chi connectivity index (χ2n) is 5.88. The molecule has 2 rings (SSSR count). The Balaban J connectivity index is 2.20. The molecule has 2 atom stereocenters. The first kappa shape index (κ1) is 15.9. The highest BCUT2D eigenvalue weighted by Crippen LogP contribution is 2.42. The number of ether oxygens (including phenoxy) is 1. The van der Waals surface area contributed by atoms with Crippen LogP contribution in [0.4, 0.5) is 0 Å². The maximum absolute atomic E-state index is 12.3. The highest BCUT2D eigenvalue weighted by atomic mass is 32.2. The summed E-state index contributed by atoms with van der Waals surface area (Å²) in [6.45, 7) is 5.45. The fraction of sp³-hybridized carbons (Fsp3) is 0.667. The van der Waals surface area contributed by atoms with Gasteiger partial charge in [-0.3, -0.25) is 9.89 Å². The number of H-pyrrole nitrogens is 1. The van der Waals surface area contributed by atoms with E-state index in [1.807, 2.05) is 13.8 Å². The topological polar surface area (TPSA) is 127 Å². The van der Waals surface area contributed by atoms with Crippen molar-refractivity contribution in [2.24, 2.45) is 10.6 Å². The molecule has 1 aromatic heterocycles. The molecule has 0 aliphatic heterocycles. The molecule has 1 fully saturated rings. The summed E-state index contributed by atoms with van der Waals surface area (Å²) in [5.41, 5.74) is -0.186. The zero-order chi connectivity index (χ0) is 16.0. The molecule has 4 N–H and O–H groups in total. The maximum Gasteiger partial charge on any atom is 0.273 e. The fourth-order valence-corrected chi connectivity index (χ4v) is 3.56. The number of amides is 1. The molecule has 2 unspecified atom stereocenters. The van der Waals surface area contributed by atoms with Crippen LogP contribution in [0.1, 0.15) is 36.5 Å². The van der Waals surface area contributed by atoms with Gasteiger partial charge in [-0.25, -0.2) is 13.6 Å². The van der Waals surface area contributed by atoms with Crippen LogP contribution in [0.15, 0.2) is 4.90 Å². The van der Waals surface area contributed by atoms with Gasteiger partial charge < -0.3 is 10.1 Å². The van der Waals surface area contributed by atoms with Crippen molar-refractivity contribution < 1.29 is 17.9 Å². The first-order chi connectivity index (χ1) is 9.59. The minimum Gasteiger partial charge on any atom is -0.381 e. The lowest BCUT2D eigenvalue weighted by Crippen LogP contribution is -2.61. The molecule has 1 aliphatic carbocycles. The van der Waals surface area contributed by atoms with Crippen LogP contribution in [0.3, 0.4) is 0 Å². The van der Waals surface area contributed by atoms with Gasteiger partial charge in [0.05, 0.1) is 11.8 Å². The van der Waals surface area contributed by atoms with Gasteiger partial charge in [0.2, 0.25) is 10.0 Å². The van der Waals surface area contributed by atoms with Gasteiger partial charge in [-0.2, -0.15) is 5.10 Å². The molecular weight excluding hydrogens is 296 g/mol. The first-order valence-electron chi connectivity index (χ1n) is 6.50. The van der Waals surface area contributed by atoms with Crippen molar-refractivity contribution in [3.63, 3.8) is 0 Å². The number of nitrogens with two attached hydrogens (primary N) is 1.